The number of rotatable bonds is 8. The third-order valence-electron chi connectivity index (χ3n) is 10.3. The van der Waals surface area contributed by atoms with Gasteiger partial charge in [0.15, 0.2) is 0 Å². The van der Waals surface area contributed by atoms with Gasteiger partial charge in [-0.2, -0.15) is 0 Å². The van der Waals surface area contributed by atoms with Crippen molar-refractivity contribution in [2.45, 2.75) is 113 Å². The van der Waals surface area contributed by atoms with Gasteiger partial charge in [0.25, 0.3) is 5.91 Å². The number of allylic oxidation sites excluding steroid dienone is 1. The van der Waals surface area contributed by atoms with Gasteiger partial charge in [-0.15, -0.1) is 11.3 Å². The van der Waals surface area contributed by atoms with Crippen molar-refractivity contribution in [3.63, 3.8) is 0 Å². The number of sulfonamides is 1. The van der Waals surface area contributed by atoms with Crippen molar-refractivity contribution in [1.82, 2.24) is 30.2 Å². The van der Waals surface area contributed by atoms with Gasteiger partial charge in [0.05, 0.1) is 22.8 Å². The van der Waals surface area contributed by atoms with Crippen LogP contribution in [0.25, 0.3) is 23.2 Å². The van der Waals surface area contributed by atoms with Crippen LogP contribution in [0.2, 0.25) is 0 Å². The van der Waals surface area contributed by atoms with Crippen LogP contribution in [0.4, 0.5) is 4.79 Å². The van der Waals surface area contributed by atoms with Crippen LogP contribution >= 0.6 is 11.3 Å². The molecule has 3 aromatic rings. The number of hydrogen-bond acceptors (Lipinski definition) is 11. The van der Waals surface area contributed by atoms with Crippen molar-refractivity contribution in [3.8, 4) is 5.88 Å². The quantitative estimate of drug-likeness (QED) is 0.259. The van der Waals surface area contributed by atoms with Crippen LogP contribution in [0.15, 0.2) is 53.9 Å². The SMILES string of the molecule is CC(C)(C)OC(=O)N[C@H]1CCCCC/C=C\[C@@H]2C[C@@]2(C(=O)NS(=O)(=O)C2CC2)NC(=O)[C@@H]2C[C@@H](Oc3nc4ccccc4nc3/C=C/c3cccs3)CN2C1=O. The number of para-hydroxylation sites is 2. The van der Waals surface area contributed by atoms with E-state index in [1.807, 2.05) is 66.1 Å². The van der Waals surface area contributed by atoms with E-state index in [1.165, 1.54) is 4.90 Å². The second-order valence-electron chi connectivity index (χ2n) is 15.9. The maximum absolute atomic E-state index is 14.6. The number of fused-ring (bicyclic) bond motifs is 3. The molecule has 3 fully saturated rings. The Balaban J connectivity index is 1.21. The third-order valence-corrected chi connectivity index (χ3v) is 13.0. The Morgan fingerprint density at radius 2 is 1.79 bits per heavy atom. The molecule has 2 aliphatic carbocycles. The largest absolute Gasteiger partial charge is 0.471 e. The molecule has 4 heterocycles. The first kappa shape index (κ1) is 39.4. The van der Waals surface area contributed by atoms with Crippen LogP contribution in [0.1, 0.15) is 89.1 Å². The Labute approximate surface area is 330 Å². The Morgan fingerprint density at radius 1 is 1.02 bits per heavy atom. The summed E-state index contributed by atoms with van der Waals surface area (Å²) in [5, 5.41) is 6.98. The highest BCUT2D eigenvalue weighted by atomic mass is 32.2. The fourth-order valence-electron chi connectivity index (χ4n) is 7.19. The molecule has 2 aromatic heterocycles. The Morgan fingerprint density at radius 3 is 2.50 bits per heavy atom. The highest BCUT2D eigenvalue weighted by Gasteiger charge is 2.62. The molecule has 0 radical (unpaired) electrons. The standard InChI is InChI=1S/C40H48N6O8S2/c1-39(2,3)54-38(50)43-32-16-8-6-4-5-7-12-25-23-40(25,37(49)45-56(51,52)28-18-19-28)44-34(47)33-22-26(24-46(33)36(32)48)53-35-31(20-17-27-13-11-21-55-27)41-29-14-9-10-15-30(29)42-35/h7,9-15,17,20-21,25-26,28,32-33H,4-6,8,16,18-19,22-24H2,1-3H3,(H,43,50)(H,44,47)(H,45,49)/b12-7-,20-17+/t25-,26-,32+,33+,40-/m1/s1. The van der Waals surface area contributed by atoms with Crippen LogP contribution in [-0.4, -0.2) is 88.2 Å². The maximum atomic E-state index is 14.6. The van der Waals surface area contributed by atoms with Crippen molar-refractivity contribution < 1.29 is 37.1 Å². The molecule has 4 aliphatic rings. The van der Waals surface area contributed by atoms with Crippen molar-refractivity contribution in [2.75, 3.05) is 6.54 Å². The van der Waals surface area contributed by atoms with Gasteiger partial charge in [-0.1, -0.05) is 43.2 Å². The minimum atomic E-state index is -3.90. The van der Waals surface area contributed by atoms with Crippen LogP contribution < -0.4 is 20.1 Å². The summed E-state index contributed by atoms with van der Waals surface area (Å²) in [4.78, 5) is 67.8. The second kappa shape index (κ2) is 16.0. The monoisotopic (exact) mass is 804 g/mol. The van der Waals surface area contributed by atoms with Crippen molar-refractivity contribution in [3.05, 3.63) is 64.5 Å². The summed E-state index contributed by atoms with van der Waals surface area (Å²) in [7, 11) is -3.90. The molecule has 298 valence electrons. The van der Waals surface area contributed by atoms with Gasteiger partial charge in [0.2, 0.25) is 27.7 Å². The van der Waals surface area contributed by atoms with E-state index in [0.717, 1.165) is 17.7 Å². The fourth-order valence-corrected chi connectivity index (χ4v) is 9.18. The maximum Gasteiger partial charge on any atom is 0.408 e. The lowest BCUT2D eigenvalue weighted by molar-refractivity contribution is -0.141. The molecule has 1 aromatic carbocycles. The molecule has 16 heteroatoms. The molecular formula is C40H48N6O8S2. The summed E-state index contributed by atoms with van der Waals surface area (Å²) in [5.41, 5.74) is -0.604. The molecule has 0 bridgehead atoms. The molecule has 56 heavy (non-hydrogen) atoms. The van der Waals surface area contributed by atoms with Crippen molar-refractivity contribution >= 4 is 68.4 Å². The van der Waals surface area contributed by atoms with E-state index in [9.17, 15) is 27.6 Å². The topological polar surface area (TPSA) is 186 Å². The zero-order valence-corrected chi connectivity index (χ0v) is 33.4. The van der Waals surface area contributed by atoms with Crippen molar-refractivity contribution in [2.24, 2.45) is 5.92 Å². The van der Waals surface area contributed by atoms with Crippen molar-refractivity contribution in [1.29, 1.82) is 0 Å². The van der Waals surface area contributed by atoms with E-state index in [1.54, 1.807) is 32.1 Å². The first-order valence-corrected chi connectivity index (χ1v) is 21.6. The van der Waals surface area contributed by atoms with Crippen LogP contribution in [-0.2, 0) is 29.1 Å². The van der Waals surface area contributed by atoms with E-state index < -0.39 is 74.3 Å². The molecule has 2 aliphatic heterocycles. The summed E-state index contributed by atoms with van der Waals surface area (Å²) in [6, 6.07) is 9.15. The minimum Gasteiger partial charge on any atom is -0.471 e. The number of nitrogens with zero attached hydrogens (tertiary/aromatic N) is 3. The Hall–Kier alpha value is -4.83. The summed E-state index contributed by atoms with van der Waals surface area (Å²) in [6.07, 6.45) is 10.4. The van der Waals surface area contributed by atoms with Gasteiger partial charge >= 0.3 is 6.09 Å². The smallest absolute Gasteiger partial charge is 0.408 e. The lowest BCUT2D eigenvalue weighted by Gasteiger charge is -2.30. The number of alkyl carbamates (subject to hydrolysis) is 1. The lowest BCUT2D eigenvalue weighted by atomic mass is 10.0. The van der Waals surface area contributed by atoms with Gasteiger partial charge in [0, 0.05) is 17.2 Å². The van der Waals surface area contributed by atoms with E-state index in [0.29, 0.717) is 48.8 Å². The molecule has 7 rings (SSSR count). The number of benzene rings is 1. The zero-order valence-electron chi connectivity index (χ0n) is 31.7. The first-order valence-electron chi connectivity index (χ1n) is 19.2. The number of ether oxygens (including phenoxy) is 2. The number of nitrogens with one attached hydrogen (secondary N) is 3. The fraction of sp³-hybridized carbons (Fsp3) is 0.500. The number of carbonyl (C=O) groups is 4. The van der Waals surface area contributed by atoms with Gasteiger partial charge in [-0.05, 0) is 95.0 Å². The van der Waals surface area contributed by atoms with Crippen LogP contribution in [0, 0.1) is 5.92 Å². The highest BCUT2D eigenvalue weighted by Crippen LogP contribution is 2.46. The van der Waals surface area contributed by atoms with E-state index in [-0.39, 0.29) is 25.3 Å². The Bertz CT molecular complexity index is 2150. The average molecular weight is 805 g/mol. The highest BCUT2D eigenvalue weighted by molar-refractivity contribution is 7.91. The van der Waals surface area contributed by atoms with E-state index in [2.05, 4.69) is 15.4 Å². The van der Waals surface area contributed by atoms with Gasteiger partial charge in [0.1, 0.15) is 35.0 Å². The molecular weight excluding hydrogens is 757 g/mol. The zero-order chi connectivity index (χ0) is 39.7. The molecule has 0 spiro atoms. The van der Waals surface area contributed by atoms with E-state index in [4.69, 9.17) is 19.4 Å². The second-order valence-corrected chi connectivity index (χ2v) is 18.9. The van der Waals surface area contributed by atoms with Gasteiger partial charge in [-0.25, -0.2) is 23.2 Å². The third kappa shape index (κ3) is 9.23. The molecule has 3 N–H and O–H groups in total. The normalized spacial score (nSPS) is 26.7. The summed E-state index contributed by atoms with van der Waals surface area (Å²) in [6.45, 7) is 5.15. The number of hydrogen-bond donors (Lipinski definition) is 3. The number of thiophene rings is 1. The molecule has 1 saturated heterocycles. The molecule has 0 unspecified atom stereocenters. The lowest BCUT2D eigenvalue weighted by Crippen LogP contribution is -2.58. The Kier molecular flexibility index (Phi) is 11.2. The van der Waals surface area contributed by atoms with Gasteiger partial charge < -0.3 is 25.0 Å². The molecule has 5 atom stereocenters. The number of aromatic nitrogens is 2. The average Bonchev–Trinajstić information content (AvgIpc) is 4.01. The van der Waals surface area contributed by atoms with Crippen LogP contribution in [0.5, 0.6) is 5.88 Å². The summed E-state index contributed by atoms with van der Waals surface area (Å²) >= 11 is 1.56. The minimum absolute atomic E-state index is 0.0257. The molecule has 14 nitrogen and oxygen atoms in total. The predicted molar refractivity (Wildman–Crippen MR) is 212 cm³/mol. The first-order chi connectivity index (χ1) is 26.7. The van der Waals surface area contributed by atoms with Gasteiger partial charge in [-0.3, -0.25) is 19.1 Å². The number of carbonyl (C=O) groups excluding carboxylic acids is 4. The predicted octanol–water partition coefficient (Wildman–Crippen LogP) is 5.11. The van der Waals surface area contributed by atoms with Crippen LogP contribution in [0.3, 0.4) is 0 Å². The summed E-state index contributed by atoms with van der Waals surface area (Å²) in [5.74, 6) is -2.14. The molecule has 4 amide bonds. The number of amides is 4. The molecule has 2 saturated carbocycles. The summed E-state index contributed by atoms with van der Waals surface area (Å²) < 4.78 is 40.0. The van der Waals surface area contributed by atoms with E-state index >= 15 is 0 Å².